The number of ether oxygens (including phenoxy) is 2. The zero-order valence-corrected chi connectivity index (χ0v) is 15.1. The van der Waals surface area contributed by atoms with Crippen LogP contribution in [0.3, 0.4) is 0 Å². The summed E-state index contributed by atoms with van der Waals surface area (Å²) in [5.74, 6) is -0.616. The Labute approximate surface area is 160 Å². The number of nitro groups is 1. The van der Waals surface area contributed by atoms with E-state index < -0.39 is 16.9 Å². The van der Waals surface area contributed by atoms with Gasteiger partial charge in [0.1, 0.15) is 6.10 Å². The number of carbonyl (C=O) groups is 2. The largest absolute Gasteiger partial charge is 0.490 e. The molecular weight excluding hydrogens is 366 g/mol. The van der Waals surface area contributed by atoms with Crippen molar-refractivity contribution in [1.82, 2.24) is 0 Å². The molecule has 1 heterocycles. The van der Waals surface area contributed by atoms with Gasteiger partial charge in [-0.2, -0.15) is 0 Å². The highest BCUT2D eigenvalue weighted by Gasteiger charge is 2.23. The zero-order chi connectivity index (χ0) is 20.1. The first-order valence-corrected chi connectivity index (χ1v) is 8.64. The minimum absolute atomic E-state index is 0.0767. The molecule has 0 unspecified atom stereocenters. The molecule has 1 aliphatic rings. The van der Waals surface area contributed by atoms with Crippen LogP contribution in [0.5, 0.6) is 5.75 Å². The van der Waals surface area contributed by atoms with Gasteiger partial charge in [-0.3, -0.25) is 19.7 Å². The van der Waals surface area contributed by atoms with E-state index in [0.29, 0.717) is 24.4 Å². The molecule has 0 radical (unpaired) electrons. The van der Waals surface area contributed by atoms with E-state index in [0.717, 1.165) is 12.5 Å². The summed E-state index contributed by atoms with van der Waals surface area (Å²) in [5.41, 5.74) is 0.905. The van der Waals surface area contributed by atoms with Crippen molar-refractivity contribution in [2.24, 2.45) is 0 Å². The Morgan fingerprint density at radius 1 is 1.14 bits per heavy atom. The summed E-state index contributed by atoms with van der Waals surface area (Å²) >= 11 is 0. The predicted octanol–water partition coefficient (Wildman–Crippen LogP) is 2.97. The van der Waals surface area contributed by atoms with Gasteiger partial charge in [0.2, 0.25) is 0 Å². The summed E-state index contributed by atoms with van der Waals surface area (Å²) in [6.45, 7) is 0.590. The topological polar surface area (TPSA) is 120 Å². The number of anilines is 2. The second-order valence-corrected chi connectivity index (χ2v) is 6.17. The molecular formula is C19H19N3O6. The highest BCUT2D eigenvalue weighted by Crippen LogP contribution is 2.28. The van der Waals surface area contributed by atoms with Gasteiger partial charge in [0.05, 0.1) is 12.0 Å². The van der Waals surface area contributed by atoms with E-state index in [4.69, 9.17) is 9.47 Å². The predicted molar refractivity (Wildman–Crippen MR) is 102 cm³/mol. The molecule has 1 aliphatic heterocycles. The number of amides is 2. The van der Waals surface area contributed by atoms with E-state index in [9.17, 15) is 19.7 Å². The zero-order valence-electron chi connectivity index (χ0n) is 15.1. The highest BCUT2D eigenvalue weighted by molar-refractivity contribution is 6.05. The molecule has 2 amide bonds. The van der Waals surface area contributed by atoms with Crippen LogP contribution in [-0.2, 0) is 9.53 Å². The van der Waals surface area contributed by atoms with Crippen molar-refractivity contribution in [1.29, 1.82) is 0 Å². The maximum Gasteiger partial charge on any atom is 0.311 e. The third-order valence-corrected chi connectivity index (χ3v) is 4.27. The van der Waals surface area contributed by atoms with Gasteiger partial charge in [0.25, 0.3) is 11.8 Å². The van der Waals surface area contributed by atoms with Gasteiger partial charge >= 0.3 is 5.69 Å². The minimum atomic E-state index is -0.610. The molecule has 0 aliphatic carbocycles. The maximum atomic E-state index is 12.4. The SMILES string of the molecule is COc1ccc(C(=O)Nc2ccc(NC(=O)[C@@H]3CCCO3)cc2)cc1[N+](=O)[O-]. The molecule has 1 saturated heterocycles. The summed E-state index contributed by atoms with van der Waals surface area (Å²) in [4.78, 5) is 34.9. The van der Waals surface area contributed by atoms with Crippen LogP contribution in [0.15, 0.2) is 42.5 Å². The standard InChI is InChI=1S/C19H19N3O6/c1-27-16-9-4-12(11-15(16)22(25)26)18(23)20-13-5-7-14(8-6-13)21-19(24)17-3-2-10-28-17/h4-9,11,17H,2-3,10H2,1H3,(H,20,23)(H,21,24)/t17-/m0/s1. The van der Waals surface area contributed by atoms with Crippen molar-refractivity contribution in [3.8, 4) is 5.75 Å². The number of methoxy groups -OCH3 is 1. The molecule has 2 aromatic rings. The molecule has 1 atom stereocenters. The summed E-state index contributed by atoms with van der Waals surface area (Å²) in [6.07, 6.45) is 1.14. The monoisotopic (exact) mass is 385 g/mol. The number of hydrogen-bond acceptors (Lipinski definition) is 6. The Bertz CT molecular complexity index is 891. The Kier molecular flexibility index (Phi) is 5.85. The Hall–Kier alpha value is -3.46. The molecule has 9 nitrogen and oxygen atoms in total. The smallest absolute Gasteiger partial charge is 0.311 e. The van der Waals surface area contributed by atoms with Crippen molar-refractivity contribution < 1.29 is 24.0 Å². The molecule has 3 rings (SSSR count). The lowest BCUT2D eigenvalue weighted by Crippen LogP contribution is -2.26. The lowest BCUT2D eigenvalue weighted by Gasteiger charge is -2.11. The Morgan fingerprint density at radius 3 is 2.39 bits per heavy atom. The highest BCUT2D eigenvalue weighted by atomic mass is 16.6. The van der Waals surface area contributed by atoms with Crippen molar-refractivity contribution in [2.45, 2.75) is 18.9 Å². The maximum absolute atomic E-state index is 12.4. The molecule has 0 saturated carbocycles. The van der Waals surface area contributed by atoms with Gasteiger partial charge in [-0.05, 0) is 49.2 Å². The average molecular weight is 385 g/mol. The third-order valence-electron chi connectivity index (χ3n) is 4.27. The fourth-order valence-electron chi connectivity index (χ4n) is 2.82. The lowest BCUT2D eigenvalue weighted by atomic mass is 10.1. The number of rotatable bonds is 6. The quantitative estimate of drug-likeness (QED) is 0.583. The lowest BCUT2D eigenvalue weighted by molar-refractivity contribution is -0.385. The minimum Gasteiger partial charge on any atom is -0.490 e. The van der Waals surface area contributed by atoms with Crippen LogP contribution >= 0.6 is 0 Å². The van der Waals surface area contributed by atoms with Crippen molar-refractivity contribution in [3.63, 3.8) is 0 Å². The molecule has 2 aromatic carbocycles. The van der Waals surface area contributed by atoms with E-state index >= 15 is 0 Å². The van der Waals surface area contributed by atoms with E-state index in [1.165, 1.54) is 19.2 Å². The first-order chi connectivity index (χ1) is 13.5. The van der Waals surface area contributed by atoms with Crippen molar-refractivity contribution in [2.75, 3.05) is 24.4 Å². The van der Waals surface area contributed by atoms with Crippen LogP contribution in [0.1, 0.15) is 23.2 Å². The molecule has 0 aromatic heterocycles. The number of hydrogen-bond donors (Lipinski definition) is 2. The molecule has 1 fully saturated rings. The number of benzene rings is 2. The van der Waals surface area contributed by atoms with Gasteiger partial charge < -0.3 is 20.1 Å². The van der Waals surface area contributed by atoms with Crippen LogP contribution in [0.4, 0.5) is 17.1 Å². The van der Waals surface area contributed by atoms with Crippen LogP contribution in [0.2, 0.25) is 0 Å². The summed E-state index contributed by atoms with van der Waals surface area (Å²) < 4.78 is 10.3. The molecule has 2 N–H and O–H groups in total. The number of carbonyl (C=O) groups excluding carboxylic acids is 2. The Morgan fingerprint density at radius 2 is 1.82 bits per heavy atom. The van der Waals surface area contributed by atoms with E-state index in [1.54, 1.807) is 24.3 Å². The summed E-state index contributed by atoms with van der Waals surface area (Å²) in [5, 5.41) is 16.5. The fraction of sp³-hybridized carbons (Fsp3) is 0.263. The molecule has 146 valence electrons. The normalized spacial score (nSPS) is 15.7. The van der Waals surface area contributed by atoms with Gasteiger partial charge in [-0.15, -0.1) is 0 Å². The van der Waals surface area contributed by atoms with Gasteiger partial charge in [-0.1, -0.05) is 0 Å². The number of nitrogens with one attached hydrogen (secondary N) is 2. The molecule has 9 heteroatoms. The van der Waals surface area contributed by atoms with Gasteiger partial charge in [-0.25, -0.2) is 0 Å². The molecule has 28 heavy (non-hydrogen) atoms. The molecule has 0 bridgehead atoms. The van der Waals surface area contributed by atoms with Crippen LogP contribution in [0, 0.1) is 10.1 Å². The second-order valence-electron chi connectivity index (χ2n) is 6.17. The fourth-order valence-corrected chi connectivity index (χ4v) is 2.82. The van der Waals surface area contributed by atoms with E-state index in [2.05, 4.69) is 10.6 Å². The second kappa shape index (κ2) is 8.49. The molecule has 0 spiro atoms. The Balaban J connectivity index is 1.65. The average Bonchev–Trinajstić information content (AvgIpc) is 3.24. The first-order valence-electron chi connectivity index (χ1n) is 8.64. The van der Waals surface area contributed by atoms with E-state index in [1.807, 2.05) is 0 Å². The van der Waals surface area contributed by atoms with Crippen molar-refractivity contribution in [3.05, 3.63) is 58.1 Å². The van der Waals surface area contributed by atoms with Crippen LogP contribution in [-0.4, -0.2) is 36.6 Å². The number of nitrogens with zero attached hydrogens (tertiary/aromatic N) is 1. The van der Waals surface area contributed by atoms with E-state index in [-0.39, 0.29) is 22.9 Å². The summed E-state index contributed by atoms with van der Waals surface area (Å²) in [7, 11) is 1.32. The summed E-state index contributed by atoms with van der Waals surface area (Å²) in [6, 6.07) is 10.5. The third kappa shape index (κ3) is 4.44. The number of nitro benzene ring substituents is 1. The first kappa shape index (κ1) is 19.3. The van der Waals surface area contributed by atoms with Crippen molar-refractivity contribution >= 4 is 28.9 Å². The van der Waals surface area contributed by atoms with Crippen LogP contribution < -0.4 is 15.4 Å². The van der Waals surface area contributed by atoms with Gasteiger partial charge in [0, 0.05) is 29.6 Å². The van der Waals surface area contributed by atoms with Crippen LogP contribution in [0.25, 0.3) is 0 Å². The van der Waals surface area contributed by atoms with Gasteiger partial charge in [0.15, 0.2) is 5.75 Å².